The van der Waals surface area contributed by atoms with Gasteiger partial charge in [0.2, 0.25) is 0 Å². The van der Waals surface area contributed by atoms with Crippen molar-refractivity contribution in [2.75, 3.05) is 31.3 Å². The summed E-state index contributed by atoms with van der Waals surface area (Å²) in [6.45, 7) is 2.84. The van der Waals surface area contributed by atoms with Gasteiger partial charge in [-0.05, 0) is 17.5 Å². The van der Waals surface area contributed by atoms with Crippen molar-refractivity contribution in [3.63, 3.8) is 0 Å². The zero-order valence-corrected chi connectivity index (χ0v) is 14.1. The van der Waals surface area contributed by atoms with Crippen molar-refractivity contribution in [2.45, 2.75) is 19.5 Å². The van der Waals surface area contributed by atoms with Crippen LogP contribution in [0.5, 0.6) is 0 Å². The Morgan fingerprint density at radius 2 is 2.00 bits per heavy atom. The van der Waals surface area contributed by atoms with Crippen LogP contribution in [-0.4, -0.2) is 40.7 Å². The molecule has 3 aromatic rings. The number of rotatable bonds is 3. The molecule has 3 heterocycles. The highest BCUT2D eigenvalue weighted by Crippen LogP contribution is 2.34. The van der Waals surface area contributed by atoms with Crippen LogP contribution in [0.1, 0.15) is 16.7 Å². The van der Waals surface area contributed by atoms with Gasteiger partial charge in [-0.3, -0.25) is 10.00 Å². The fourth-order valence-corrected chi connectivity index (χ4v) is 3.54. The largest absolute Gasteiger partial charge is 0.384 e. The van der Waals surface area contributed by atoms with Crippen molar-refractivity contribution < 1.29 is 0 Å². The fourth-order valence-electron chi connectivity index (χ4n) is 3.54. The third-order valence-corrected chi connectivity index (χ3v) is 4.66. The smallest absolute Gasteiger partial charge is 0.185 e. The summed E-state index contributed by atoms with van der Waals surface area (Å²) in [6, 6.07) is 10.6. The highest BCUT2D eigenvalue weighted by Gasteiger charge is 2.25. The van der Waals surface area contributed by atoms with Crippen LogP contribution in [0.3, 0.4) is 0 Å². The van der Waals surface area contributed by atoms with Crippen LogP contribution in [0.15, 0.2) is 30.3 Å². The highest BCUT2D eigenvalue weighted by molar-refractivity contribution is 5.92. The lowest BCUT2D eigenvalue weighted by Crippen LogP contribution is -2.32. The summed E-state index contributed by atoms with van der Waals surface area (Å²) >= 11 is 0. The Hall–Kier alpha value is -2.60. The minimum atomic E-state index is 0.621. The number of aromatic nitrogens is 3. The number of anilines is 2. The van der Waals surface area contributed by atoms with Crippen LogP contribution in [-0.2, 0) is 19.5 Å². The molecule has 0 fully saturated rings. The van der Waals surface area contributed by atoms with Gasteiger partial charge in [0, 0.05) is 39.3 Å². The summed E-state index contributed by atoms with van der Waals surface area (Å²) in [5, 5.41) is 8.13. The molecule has 0 saturated heterocycles. The predicted octanol–water partition coefficient (Wildman–Crippen LogP) is 2.16. The van der Waals surface area contributed by atoms with Crippen molar-refractivity contribution in [2.24, 2.45) is 0 Å². The van der Waals surface area contributed by atoms with Gasteiger partial charge < -0.3 is 10.6 Å². The number of nitrogens with one attached hydrogen (secondary N) is 1. The first-order valence-corrected chi connectivity index (χ1v) is 8.22. The van der Waals surface area contributed by atoms with Crippen molar-refractivity contribution in [1.29, 1.82) is 0 Å². The lowest BCUT2D eigenvalue weighted by molar-refractivity contribution is 0.246. The molecule has 0 aliphatic carbocycles. The average Bonchev–Trinajstić information content (AvgIpc) is 2.96. The van der Waals surface area contributed by atoms with Gasteiger partial charge in [0.05, 0.1) is 5.39 Å². The van der Waals surface area contributed by atoms with E-state index in [0.29, 0.717) is 11.5 Å². The van der Waals surface area contributed by atoms with Gasteiger partial charge in [-0.1, -0.05) is 30.3 Å². The molecule has 1 aromatic carbocycles. The zero-order chi connectivity index (χ0) is 16.7. The van der Waals surface area contributed by atoms with Gasteiger partial charge in [0.15, 0.2) is 5.65 Å². The van der Waals surface area contributed by atoms with E-state index >= 15 is 0 Å². The Kier molecular flexibility index (Phi) is 3.61. The number of nitrogens with two attached hydrogens (primary N) is 1. The molecule has 0 unspecified atom stereocenters. The van der Waals surface area contributed by atoms with Crippen LogP contribution in [0.4, 0.5) is 11.6 Å². The van der Waals surface area contributed by atoms with Gasteiger partial charge in [0.25, 0.3) is 0 Å². The summed E-state index contributed by atoms with van der Waals surface area (Å²) in [5.41, 5.74) is 10.7. The second-order valence-electron chi connectivity index (χ2n) is 6.57. The van der Waals surface area contributed by atoms with Gasteiger partial charge in [-0.25, -0.2) is 4.98 Å². The molecule has 6 heteroatoms. The minimum Gasteiger partial charge on any atom is -0.384 e. The van der Waals surface area contributed by atoms with Crippen LogP contribution in [0.2, 0.25) is 0 Å². The van der Waals surface area contributed by atoms with E-state index < -0.39 is 0 Å². The molecule has 124 valence electrons. The molecule has 0 bridgehead atoms. The Morgan fingerprint density at radius 3 is 2.75 bits per heavy atom. The van der Waals surface area contributed by atoms with E-state index in [4.69, 9.17) is 10.7 Å². The summed E-state index contributed by atoms with van der Waals surface area (Å²) < 4.78 is 0. The van der Waals surface area contributed by atoms with E-state index in [2.05, 4.69) is 50.3 Å². The molecule has 1 aliphatic rings. The third-order valence-electron chi connectivity index (χ3n) is 4.66. The molecule has 6 nitrogen and oxygen atoms in total. The molecule has 0 radical (unpaired) electrons. The lowest BCUT2D eigenvalue weighted by Gasteiger charge is -2.31. The SMILES string of the molecule is CN(C)c1nc2n[nH]c(N)c2c2c1CN(Cc1ccccc1)CC2. The van der Waals surface area contributed by atoms with E-state index in [-0.39, 0.29) is 0 Å². The Morgan fingerprint density at radius 1 is 1.21 bits per heavy atom. The van der Waals surface area contributed by atoms with Crippen LogP contribution >= 0.6 is 0 Å². The number of hydrogen-bond acceptors (Lipinski definition) is 5. The van der Waals surface area contributed by atoms with E-state index in [9.17, 15) is 0 Å². The average molecular weight is 322 g/mol. The molecule has 0 atom stereocenters. The Bertz CT molecular complexity index is 868. The number of nitrogen functional groups attached to an aromatic ring is 1. The van der Waals surface area contributed by atoms with Gasteiger partial charge in [-0.2, -0.15) is 5.10 Å². The maximum atomic E-state index is 6.10. The summed E-state index contributed by atoms with van der Waals surface area (Å²) in [4.78, 5) is 9.26. The number of H-pyrrole nitrogens is 1. The maximum absolute atomic E-state index is 6.10. The first-order valence-electron chi connectivity index (χ1n) is 8.22. The second kappa shape index (κ2) is 5.79. The summed E-state index contributed by atoms with van der Waals surface area (Å²) in [6.07, 6.45) is 0.964. The molecule has 24 heavy (non-hydrogen) atoms. The zero-order valence-electron chi connectivity index (χ0n) is 14.1. The predicted molar refractivity (Wildman–Crippen MR) is 96.9 cm³/mol. The third kappa shape index (κ3) is 2.49. The van der Waals surface area contributed by atoms with Crippen LogP contribution in [0, 0.1) is 0 Å². The molecule has 0 spiro atoms. The van der Waals surface area contributed by atoms with Crippen molar-refractivity contribution in [3.05, 3.63) is 47.0 Å². The van der Waals surface area contributed by atoms with E-state index in [1.807, 2.05) is 14.1 Å². The normalized spacial score (nSPS) is 14.8. The molecule has 0 amide bonds. The molecular weight excluding hydrogens is 300 g/mol. The van der Waals surface area contributed by atoms with Crippen molar-refractivity contribution in [3.8, 4) is 0 Å². The molecular formula is C18H22N6. The topological polar surface area (TPSA) is 74.1 Å². The van der Waals surface area contributed by atoms with Gasteiger partial charge in [0.1, 0.15) is 11.6 Å². The number of hydrogen-bond donors (Lipinski definition) is 2. The second-order valence-corrected chi connectivity index (χ2v) is 6.57. The summed E-state index contributed by atoms with van der Waals surface area (Å²) in [5.74, 6) is 1.61. The van der Waals surface area contributed by atoms with Gasteiger partial charge >= 0.3 is 0 Å². The monoisotopic (exact) mass is 322 g/mol. The fraction of sp³-hybridized carbons (Fsp3) is 0.333. The van der Waals surface area contributed by atoms with E-state index in [0.717, 1.165) is 37.3 Å². The number of aromatic amines is 1. The first-order chi connectivity index (χ1) is 11.6. The summed E-state index contributed by atoms with van der Waals surface area (Å²) in [7, 11) is 4.06. The number of fused-ring (bicyclic) bond motifs is 3. The molecule has 2 aromatic heterocycles. The quantitative estimate of drug-likeness (QED) is 0.773. The maximum Gasteiger partial charge on any atom is 0.185 e. The number of pyridine rings is 1. The standard InChI is InChI=1S/C18H22N6/c1-23(2)18-14-11-24(10-12-6-4-3-5-7-12)9-8-13(14)15-16(19)21-22-17(15)20-18/h3-7H,8-11H2,1-2H3,(H3,19,20,21,22). The van der Waals surface area contributed by atoms with E-state index in [1.165, 1.54) is 16.7 Å². The first kappa shape index (κ1) is 15.0. The van der Waals surface area contributed by atoms with Crippen molar-refractivity contribution >= 4 is 22.7 Å². The molecule has 3 N–H and O–H groups in total. The minimum absolute atomic E-state index is 0.621. The highest BCUT2D eigenvalue weighted by atomic mass is 15.2. The molecule has 4 rings (SSSR count). The molecule has 0 saturated carbocycles. The lowest BCUT2D eigenvalue weighted by atomic mass is 9.96. The Labute approximate surface area is 141 Å². The van der Waals surface area contributed by atoms with Crippen molar-refractivity contribution in [1.82, 2.24) is 20.1 Å². The van der Waals surface area contributed by atoms with Gasteiger partial charge in [-0.15, -0.1) is 0 Å². The Balaban J connectivity index is 1.74. The van der Waals surface area contributed by atoms with E-state index in [1.54, 1.807) is 0 Å². The van der Waals surface area contributed by atoms with Crippen LogP contribution in [0.25, 0.3) is 11.0 Å². The van der Waals surface area contributed by atoms with Crippen LogP contribution < -0.4 is 10.6 Å². The number of benzene rings is 1. The molecule has 1 aliphatic heterocycles. The number of nitrogens with zero attached hydrogens (tertiary/aromatic N) is 4.